The van der Waals surface area contributed by atoms with Crippen molar-refractivity contribution in [2.45, 2.75) is 228 Å². The third-order valence-electron chi connectivity index (χ3n) is 15.0. The van der Waals surface area contributed by atoms with E-state index in [0.717, 1.165) is 0 Å². The van der Waals surface area contributed by atoms with Crippen molar-refractivity contribution in [3.05, 3.63) is 0 Å². The first-order chi connectivity index (χ1) is 36.7. The third kappa shape index (κ3) is 12.1. The topological polar surface area (TPSA) is 534 Å². The lowest BCUT2D eigenvalue weighted by molar-refractivity contribution is -0.396. The van der Waals surface area contributed by atoms with Gasteiger partial charge < -0.3 is 168 Å². The van der Waals surface area contributed by atoms with Crippen LogP contribution < -0.4 is 0 Å². The smallest absolute Gasteiger partial charge is 0.187 e. The number of aliphatic hydroxyl groups excluding tert-OH is 20. The maximum absolute atomic E-state index is 11.4. The number of hydrogen-bond donors (Lipinski definition) is 20. The molecule has 448 valence electrons. The van der Waals surface area contributed by atoms with Gasteiger partial charge in [-0.1, -0.05) is 6.92 Å². The van der Waals surface area contributed by atoms with Crippen molar-refractivity contribution in [3.63, 3.8) is 0 Å². The maximum Gasteiger partial charge on any atom is 0.187 e. The van der Waals surface area contributed by atoms with Gasteiger partial charge in [-0.2, -0.15) is 0 Å². The maximum atomic E-state index is 11.4. The molecule has 0 radical (unpaired) electrons. The van der Waals surface area contributed by atoms with E-state index in [1.807, 2.05) is 0 Å². The Kier molecular flexibility index (Phi) is 20.9. The first-order valence-electron chi connectivity index (χ1n) is 25.0. The Morgan fingerprint density at radius 1 is 0.195 bits per heavy atom. The van der Waals surface area contributed by atoms with Crippen molar-refractivity contribution >= 4 is 0 Å². The fourth-order valence-corrected chi connectivity index (χ4v) is 10.6. The van der Waals surface area contributed by atoms with Crippen molar-refractivity contribution in [2.24, 2.45) is 0 Å². The summed E-state index contributed by atoms with van der Waals surface area (Å²) in [7, 11) is 0. The van der Waals surface area contributed by atoms with E-state index in [0.29, 0.717) is 0 Å². The molecular formula is C43H72O34. The molecule has 21 rings (SSSR count). The Labute approximate surface area is 435 Å². The summed E-state index contributed by atoms with van der Waals surface area (Å²) in [6.45, 7) is -4.59. The summed E-state index contributed by atoms with van der Waals surface area (Å²) in [5.74, 6) is 0. The standard InChI is InChI=1S/C43H72O34/c1-2-9-30-16(50)23(57)37(64-9)72-31-10(3-44)66-39(25(59)18(31)52)74-33-12(5-46)68-41(27(61)20(33)54)76-35-14(7-48)70-43(29(63)22(35)56)77-36-15(8-49)69-42(28(62)21(36)55)75-34-13(6-47)67-40(26(60)19(34)53)73-32-11(4-45)65-38(71-30)24(58)17(32)51/h9-63H,2-8H2,1H3/t9?,10?,11?,12?,13?,14?,15?,16?,17?,18?,19?,20?,21?,22?,23?,24?,25?,26?,27?,28?,29?,30-,31-,32-,33-,34-,35+,36-,37-,38-,39+,40-,41+,42-,43-/m1/s1. The van der Waals surface area contributed by atoms with Gasteiger partial charge in [-0.25, -0.2) is 0 Å². The zero-order valence-electron chi connectivity index (χ0n) is 40.8. The molecule has 0 aliphatic carbocycles. The number of aliphatic hydroxyl groups is 20. The van der Waals surface area contributed by atoms with Crippen LogP contribution in [0.3, 0.4) is 0 Å². The Morgan fingerprint density at radius 3 is 0.455 bits per heavy atom. The summed E-state index contributed by atoms with van der Waals surface area (Å²) in [6, 6.07) is 0. The highest BCUT2D eigenvalue weighted by atomic mass is 16.8. The zero-order chi connectivity index (χ0) is 56.1. The predicted octanol–water partition coefficient (Wildman–Crippen LogP) is -13.8. The lowest BCUT2D eigenvalue weighted by Crippen LogP contribution is -2.68. The van der Waals surface area contributed by atoms with Crippen LogP contribution in [0.25, 0.3) is 0 Å². The number of rotatable bonds is 7. The predicted molar refractivity (Wildman–Crippen MR) is 232 cm³/mol. The molecule has 0 aromatic rings. The van der Waals surface area contributed by atoms with Crippen molar-refractivity contribution in [1.82, 2.24) is 0 Å². The van der Waals surface area contributed by atoms with Crippen LogP contribution in [0.4, 0.5) is 0 Å². The van der Waals surface area contributed by atoms with Gasteiger partial charge in [0.15, 0.2) is 44.0 Å². The van der Waals surface area contributed by atoms with E-state index in [2.05, 4.69) is 0 Å². The molecule has 34 heteroatoms. The molecule has 21 aliphatic heterocycles. The Balaban J connectivity index is 1.08. The molecule has 21 saturated heterocycles. The van der Waals surface area contributed by atoms with Crippen LogP contribution in [0.2, 0.25) is 0 Å². The van der Waals surface area contributed by atoms with Gasteiger partial charge in [0, 0.05) is 0 Å². The van der Waals surface area contributed by atoms with Crippen LogP contribution in [0.5, 0.6) is 0 Å². The minimum Gasteiger partial charge on any atom is -0.394 e. The highest BCUT2D eigenvalue weighted by Crippen LogP contribution is 2.39. The van der Waals surface area contributed by atoms with Gasteiger partial charge in [-0.15, -0.1) is 0 Å². The molecular weight excluding hydrogens is 1060 g/mol. The largest absolute Gasteiger partial charge is 0.394 e. The summed E-state index contributed by atoms with van der Waals surface area (Å²) in [6.07, 6.45) is -68.1. The van der Waals surface area contributed by atoms with E-state index in [-0.39, 0.29) is 6.42 Å². The van der Waals surface area contributed by atoms with Gasteiger partial charge in [0.2, 0.25) is 0 Å². The van der Waals surface area contributed by atoms with Gasteiger partial charge >= 0.3 is 0 Å². The molecule has 21 heterocycles. The Morgan fingerprint density at radius 2 is 0.325 bits per heavy atom. The quantitative estimate of drug-likeness (QED) is 0.113. The normalized spacial score (nSPS) is 55.4. The first-order valence-corrected chi connectivity index (χ1v) is 25.0. The van der Waals surface area contributed by atoms with Crippen LogP contribution in [0.1, 0.15) is 13.3 Å². The van der Waals surface area contributed by atoms with Crippen molar-refractivity contribution in [3.8, 4) is 0 Å². The van der Waals surface area contributed by atoms with Crippen LogP contribution >= 0.6 is 0 Å². The zero-order valence-corrected chi connectivity index (χ0v) is 40.8. The molecule has 0 amide bonds. The van der Waals surface area contributed by atoms with Gasteiger partial charge in [0.25, 0.3) is 0 Å². The summed E-state index contributed by atoms with van der Waals surface area (Å²) in [4.78, 5) is 0. The summed E-state index contributed by atoms with van der Waals surface area (Å²) >= 11 is 0. The van der Waals surface area contributed by atoms with Crippen LogP contribution in [-0.4, -0.2) is 357 Å². The minimum absolute atomic E-state index is 0.0468. The van der Waals surface area contributed by atoms with E-state index in [1.54, 1.807) is 0 Å². The van der Waals surface area contributed by atoms with E-state index < -0.39 is 255 Å². The highest BCUT2D eigenvalue weighted by Gasteiger charge is 2.59. The van der Waals surface area contributed by atoms with Crippen LogP contribution in [0.15, 0.2) is 0 Å². The molecule has 21 fully saturated rings. The average Bonchev–Trinajstić information content (AvgIpc) is 3.47. The van der Waals surface area contributed by atoms with E-state index in [1.165, 1.54) is 6.92 Å². The SMILES string of the molecule is CCC1O[C@@H]2O[C@@H]3C(CO)O[C@@H](O[C@@H]4C(CO)O[C@@H](O[C@H]5C(CO)O[C@H](O[C@@H]6C(CO)O[C@H](O[C@@H]7C(CO)O[C@H](O[C@@H]8C(CO)O[C@H](O[C@H]1C(O)C2O)C(O)C8O)C(O)C7O)C(O)C6O)C(O)C5O)C(O)C4O)C(O)C3O. The Hall–Kier alpha value is -1.36. The van der Waals surface area contributed by atoms with Gasteiger partial charge in [0.05, 0.1) is 45.7 Å². The second kappa shape index (κ2) is 26.1. The van der Waals surface area contributed by atoms with Crippen LogP contribution in [0, 0.1) is 0 Å². The summed E-state index contributed by atoms with van der Waals surface area (Å²) < 4.78 is 80.3. The molecule has 21 aliphatic rings. The monoisotopic (exact) mass is 1130 g/mol. The molecule has 35 atom stereocenters. The van der Waals surface area contributed by atoms with E-state index >= 15 is 0 Å². The lowest BCUT2D eigenvalue weighted by atomic mass is 9.94. The molecule has 0 saturated carbocycles. The number of hydrogen-bond acceptors (Lipinski definition) is 34. The average molecular weight is 1130 g/mol. The van der Waals surface area contributed by atoms with Crippen molar-refractivity contribution < 1.29 is 168 Å². The first kappa shape index (κ1) is 61.7. The second-order valence-electron chi connectivity index (χ2n) is 19.9. The summed E-state index contributed by atoms with van der Waals surface area (Å²) in [5.41, 5.74) is 0. The molecule has 34 nitrogen and oxygen atoms in total. The van der Waals surface area contributed by atoms with Gasteiger partial charge in [-0.3, -0.25) is 0 Å². The van der Waals surface area contributed by atoms with Crippen molar-refractivity contribution in [1.29, 1.82) is 0 Å². The summed E-state index contributed by atoms with van der Waals surface area (Å²) in [5, 5.41) is 221. The van der Waals surface area contributed by atoms with E-state index in [9.17, 15) is 102 Å². The van der Waals surface area contributed by atoms with Crippen LogP contribution in [-0.2, 0) is 66.3 Å². The fraction of sp³-hybridized carbons (Fsp3) is 1.00. The van der Waals surface area contributed by atoms with Crippen molar-refractivity contribution in [2.75, 3.05) is 39.6 Å². The molecule has 0 spiro atoms. The highest BCUT2D eigenvalue weighted by molar-refractivity contribution is 5.01. The molecule has 20 N–H and O–H groups in total. The minimum atomic E-state index is -2.20. The van der Waals surface area contributed by atoms with Gasteiger partial charge in [0.1, 0.15) is 165 Å². The Bertz CT molecular complexity index is 1470. The number of ether oxygens (including phenoxy) is 14. The molecule has 77 heavy (non-hydrogen) atoms. The second-order valence-corrected chi connectivity index (χ2v) is 19.9. The van der Waals surface area contributed by atoms with E-state index in [4.69, 9.17) is 66.3 Å². The molecule has 0 aromatic carbocycles. The third-order valence-corrected chi connectivity index (χ3v) is 15.0. The van der Waals surface area contributed by atoms with Gasteiger partial charge in [-0.05, 0) is 6.42 Å². The lowest BCUT2D eigenvalue weighted by Gasteiger charge is -2.50. The molecule has 0 aromatic heterocycles. The fourth-order valence-electron chi connectivity index (χ4n) is 10.6. The molecule has 21 unspecified atom stereocenters. The molecule has 14 bridgehead atoms.